The van der Waals surface area contributed by atoms with Crippen molar-refractivity contribution >= 4 is 0 Å². The molecule has 4 heteroatoms. The van der Waals surface area contributed by atoms with Crippen LogP contribution in [0, 0.1) is 0 Å². The molecule has 0 radical (unpaired) electrons. The van der Waals surface area contributed by atoms with E-state index in [9.17, 15) is 0 Å². The molecule has 0 amide bonds. The third kappa shape index (κ3) is 3.04. The monoisotopic (exact) mass is 209 g/mol. The SMILES string of the molecule is NCc1cc(CN2CCCCCC2)on1. The number of hydrogen-bond donors (Lipinski definition) is 1. The van der Waals surface area contributed by atoms with Gasteiger partial charge in [-0.15, -0.1) is 0 Å². The standard InChI is InChI=1S/C11H19N3O/c12-8-10-7-11(15-13-10)9-14-5-3-1-2-4-6-14/h7H,1-6,8-9,12H2. The highest BCUT2D eigenvalue weighted by atomic mass is 16.5. The van der Waals surface area contributed by atoms with Gasteiger partial charge in [0.05, 0.1) is 12.2 Å². The average Bonchev–Trinajstić information content (AvgIpc) is 2.54. The second kappa shape index (κ2) is 5.28. The Kier molecular flexibility index (Phi) is 3.75. The van der Waals surface area contributed by atoms with Gasteiger partial charge in [-0.25, -0.2) is 0 Å². The van der Waals surface area contributed by atoms with Gasteiger partial charge in [-0.2, -0.15) is 0 Å². The Bertz CT molecular complexity index is 290. The van der Waals surface area contributed by atoms with Crippen molar-refractivity contribution in [1.82, 2.24) is 10.1 Å². The summed E-state index contributed by atoms with van der Waals surface area (Å²) in [5, 5.41) is 3.90. The van der Waals surface area contributed by atoms with E-state index in [0.29, 0.717) is 6.54 Å². The van der Waals surface area contributed by atoms with Crippen molar-refractivity contribution in [2.45, 2.75) is 38.8 Å². The average molecular weight is 209 g/mol. The van der Waals surface area contributed by atoms with Crippen LogP contribution >= 0.6 is 0 Å². The molecule has 1 fully saturated rings. The smallest absolute Gasteiger partial charge is 0.151 e. The van der Waals surface area contributed by atoms with Gasteiger partial charge >= 0.3 is 0 Å². The molecule has 1 aliphatic heterocycles. The second-order valence-corrected chi connectivity index (χ2v) is 4.18. The quantitative estimate of drug-likeness (QED) is 0.819. The third-order valence-corrected chi connectivity index (χ3v) is 2.90. The number of likely N-dealkylation sites (tertiary alicyclic amines) is 1. The van der Waals surface area contributed by atoms with Crippen molar-refractivity contribution in [3.63, 3.8) is 0 Å². The molecule has 1 saturated heterocycles. The van der Waals surface area contributed by atoms with Crippen LogP contribution in [0.2, 0.25) is 0 Å². The van der Waals surface area contributed by atoms with Crippen LogP contribution in [0.25, 0.3) is 0 Å². The first-order valence-corrected chi connectivity index (χ1v) is 5.75. The summed E-state index contributed by atoms with van der Waals surface area (Å²) in [6.07, 6.45) is 5.33. The van der Waals surface area contributed by atoms with E-state index in [-0.39, 0.29) is 0 Å². The van der Waals surface area contributed by atoms with Crippen LogP contribution in [0.4, 0.5) is 0 Å². The highest BCUT2D eigenvalue weighted by molar-refractivity contribution is 5.04. The lowest BCUT2D eigenvalue weighted by atomic mass is 10.2. The lowest BCUT2D eigenvalue weighted by molar-refractivity contribution is 0.238. The zero-order valence-electron chi connectivity index (χ0n) is 9.11. The largest absolute Gasteiger partial charge is 0.360 e. The molecule has 1 aromatic rings. The molecule has 0 bridgehead atoms. The van der Waals surface area contributed by atoms with E-state index in [2.05, 4.69) is 10.1 Å². The van der Waals surface area contributed by atoms with E-state index < -0.39 is 0 Å². The van der Waals surface area contributed by atoms with E-state index in [4.69, 9.17) is 10.3 Å². The summed E-state index contributed by atoms with van der Waals surface area (Å²) >= 11 is 0. The Balaban J connectivity index is 1.89. The Hall–Kier alpha value is -0.870. The predicted octanol–water partition coefficient (Wildman–Crippen LogP) is 1.51. The van der Waals surface area contributed by atoms with Crippen molar-refractivity contribution in [2.24, 2.45) is 5.73 Å². The minimum Gasteiger partial charge on any atom is -0.360 e. The number of aromatic nitrogens is 1. The fraction of sp³-hybridized carbons (Fsp3) is 0.727. The molecule has 2 rings (SSSR count). The molecule has 0 spiro atoms. The molecular formula is C11H19N3O. The molecule has 84 valence electrons. The number of rotatable bonds is 3. The molecular weight excluding hydrogens is 190 g/mol. The molecule has 15 heavy (non-hydrogen) atoms. The van der Waals surface area contributed by atoms with Gasteiger partial charge in [0.15, 0.2) is 5.76 Å². The maximum absolute atomic E-state index is 5.49. The van der Waals surface area contributed by atoms with E-state index >= 15 is 0 Å². The van der Waals surface area contributed by atoms with Crippen molar-refractivity contribution in [3.8, 4) is 0 Å². The molecule has 0 aromatic carbocycles. The minimum atomic E-state index is 0.462. The van der Waals surface area contributed by atoms with Crippen LogP contribution < -0.4 is 5.73 Å². The Morgan fingerprint density at radius 1 is 1.27 bits per heavy atom. The Morgan fingerprint density at radius 3 is 2.60 bits per heavy atom. The first kappa shape index (κ1) is 10.6. The lowest BCUT2D eigenvalue weighted by Crippen LogP contribution is -2.23. The normalized spacial score (nSPS) is 19.0. The highest BCUT2D eigenvalue weighted by Crippen LogP contribution is 2.13. The van der Waals surface area contributed by atoms with Gasteiger partial charge in [-0.05, 0) is 25.9 Å². The molecule has 0 aliphatic carbocycles. The summed E-state index contributed by atoms with van der Waals surface area (Å²) in [4.78, 5) is 2.44. The van der Waals surface area contributed by atoms with Crippen LogP contribution in [0.5, 0.6) is 0 Å². The van der Waals surface area contributed by atoms with Crippen LogP contribution in [0.1, 0.15) is 37.1 Å². The van der Waals surface area contributed by atoms with Gasteiger partial charge in [0.1, 0.15) is 0 Å². The van der Waals surface area contributed by atoms with E-state index in [1.165, 1.54) is 38.8 Å². The minimum absolute atomic E-state index is 0.462. The maximum Gasteiger partial charge on any atom is 0.151 e. The van der Waals surface area contributed by atoms with Crippen molar-refractivity contribution in [3.05, 3.63) is 17.5 Å². The molecule has 0 unspecified atom stereocenters. The second-order valence-electron chi connectivity index (χ2n) is 4.18. The summed E-state index contributed by atoms with van der Waals surface area (Å²) in [5.74, 6) is 0.942. The first-order chi connectivity index (χ1) is 7.38. The molecule has 1 aromatic heterocycles. The van der Waals surface area contributed by atoms with Gasteiger partial charge in [-0.1, -0.05) is 18.0 Å². The molecule has 2 N–H and O–H groups in total. The lowest BCUT2D eigenvalue weighted by Gasteiger charge is -2.17. The van der Waals surface area contributed by atoms with Gasteiger partial charge in [0.2, 0.25) is 0 Å². The summed E-state index contributed by atoms with van der Waals surface area (Å²) in [6, 6.07) is 1.96. The van der Waals surface area contributed by atoms with Gasteiger partial charge in [0.25, 0.3) is 0 Å². The number of hydrogen-bond acceptors (Lipinski definition) is 4. The number of nitrogens with zero attached hydrogens (tertiary/aromatic N) is 2. The van der Waals surface area contributed by atoms with Crippen LogP contribution in [0.3, 0.4) is 0 Å². The maximum atomic E-state index is 5.49. The van der Waals surface area contributed by atoms with Crippen LogP contribution in [-0.4, -0.2) is 23.1 Å². The summed E-state index contributed by atoms with van der Waals surface area (Å²) in [6.45, 7) is 3.70. The first-order valence-electron chi connectivity index (χ1n) is 5.75. The fourth-order valence-electron chi connectivity index (χ4n) is 2.04. The molecule has 0 saturated carbocycles. The van der Waals surface area contributed by atoms with Crippen LogP contribution in [-0.2, 0) is 13.1 Å². The fourth-order valence-corrected chi connectivity index (χ4v) is 2.04. The van der Waals surface area contributed by atoms with E-state index in [1.54, 1.807) is 0 Å². The van der Waals surface area contributed by atoms with E-state index in [1.807, 2.05) is 6.07 Å². The van der Waals surface area contributed by atoms with Crippen molar-refractivity contribution < 1.29 is 4.52 Å². The molecule has 1 aliphatic rings. The molecule has 2 heterocycles. The van der Waals surface area contributed by atoms with Crippen LogP contribution in [0.15, 0.2) is 10.6 Å². The van der Waals surface area contributed by atoms with Gasteiger partial charge in [-0.3, -0.25) is 4.90 Å². The molecule has 0 atom stereocenters. The predicted molar refractivity (Wildman–Crippen MR) is 58.1 cm³/mol. The Labute approximate surface area is 90.4 Å². The van der Waals surface area contributed by atoms with Crippen molar-refractivity contribution in [1.29, 1.82) is 0 Å². The number of nitrogens with two attached hydrogens (primary N) is 1. The third-order valence-electron chi connectivity index (χ3n) is 2.90. The highest BCUT2D eigenvalue weighted by Gasteiger charge is 2.12. The summed E-state index contributed by atoms with van der Waals surface area (Å²) in [5.41, 5.74) is 6.33. The van der Waals surface area contributed by atoms with Gasteiger partial charge in [0, 0.05) is 12.6 Å². The zero-order valence-corrected chi connectivity index (χ0v) is 9.11. The van der Waals surface area contributed by atoms with Gasteiger partial charge < -0.3 is 10.3 Å². The molecule has 4 nitrogen and oxygen atoms in total. The summed E-state index contributed by atoms with van der Waals surface area (Å²) in [7, 11) is 0. The zero-order chi connectivity index (χ0) is 10.5. The topological polar surface area (TPSA) is 55.3 Å². The Morgan fingerprint density at radius 2 is 2.00 bits per heavy atom. The summed E-state index contributed by atoms with van der Waals surface area (Å²) < 4.78 is 5.23. The van der Waals surface area contributed by atoms with Crippen molar-refractivity contribution in [2.75, 3.05) is 13.1 Å². The van der Waals surface area contributed by atoms with E-state index in [0.717, 1.165) is 18.0 Å².